The summed E-state index contributed by atoms with van der Waals surface area (Å²) < 4.78 is 0. The van der Waals surface area contributed by atoms with E-state index in [4.69, 9.17) is 0 Å². The number of nitrogens with one attached hydrogen (secondary N) is 1. The second kappa shape index (κ2) is 13.1. The average molecular weight is 478 g/mol. The van der Waals surface area contributed by atoms with Gasteiger partial charge in [-0.25, -0.2) is 0 Å². The van der Waals surface area contributed by atoms with E-state index < -0.39 is 0 Å². The number of anilines is 2. The normalized spacial score (nSPS) is 18.1. The molecule has 2 N–H and O–H groups in total. The molecule has 1 saturated carbocycles. The summed E-state index contributed by atoms with van der Waals surface area (Å²) >= 11 is 0. The van der Waals surface area contributed by atoms with E-state index in [1.54, 1.807) is 0 Å². The molecule has 0 bridgehead atoms. The van der Waals surface area contributed by atoms with Crippen molar-refractivity contribution in [1.82, 2.24) is 4.90 Å². The highest BCUT2D eigenvalue weighted by Gasteiger charge is 2.24. The Kier molecular flexibility index (Phi) is 9.61. The number of aliphatic hydroxyl groups excluding tert-OH is 1. The van der Waals surface area contributed by atoms with Gasteiger partial charge in [-0.2, -0.15) is 0 Å². The van der Waals surface area contributed by atoms with E-state index in [-0.39, 0.29) is 12.1 Å². The topological polar surface area (TPSA) is 55.8 Å². The summed E-state index contributed by atoms with van der Waals surface area (Å²) in [5.41, 5.74) is 3.96. The van der Waals surface area contributed by atoms with E-state index in [2.05, 4.69) is 46.3 Å². The van der Waals surface area contributed by atoms with Crippen molar-refractivity contribution in [2.24, 2.45) is 5.92 Å². The molecule has 5 heteroatoms. The number of carbonyl (C=O) groups excluding carboxylic acids is 1. The number of unbranched alkanes of at least 4 members (excludes halogenated alkanes) is 2. The second-order valence-corrected chi connectivity index (χ2v) is 10.4. The molecule has 1 aliphatic heterocycles. The molecule has 2 aliphatic rings. The minimum Gasteiger partial charge on any atom is -0.378 e. The van der Waals surface area contributed by atoms with Gasteiger partial charge in [-0.05, 0) is 73.6 Å². The van der Waals surface area contributed by atoms with Gasteiger partial charge in [-0.15, -0.1) is 0 Å². The zero-order valence-corrected chi connectivity index (χ0v) is 21.4. The summed E-state index contributed by atoms with van der Waals surface area (Å²) in [7, 11) is 0. The molecule has 1 amide bonds. The highest BCUT2D eigenvalue weighted by molar-refractivity contribution is 6.04. The zero-order chi connectivity index (χ0) is 24.5. The quantitative estimate of drug-likeness (QED) is 0.385. The molecular formula is C30H43N3O2. The first-order chi connectivity index (χ1) is 17.1. The lowest BCUT2D eigenvalue weighted by molar-refractivity contribution is -0.00942. The third-order valence-corrected chi connectivity index (χ3v) is 7.82. The van der Waals surface area contributed by atoms with Crippen LogP contribution < -0.4 is 10.2 Å². The lowest BCUT2D eigenvalue weighted by Gasteiger charge is -2.38. The molecule has 2 fully saturated rings. The number of piperazine rings is 1. The van der Waals surface area contributed by atoms with Crippen LogP contribution in [0.1, 0.15) is 80.6 Å². The Morgan fingerprint density at radius 2 is 1.66 bits per heavy atom. The van der Waals surface area contributed by atoms with Crippen LogP contribution in [0.3, 0.4) is 0 Å². The molecule has 0 spiro atoms. The fraction of sp³-hybridized carbons (Fsp3) is 0.567. The molecule has 1 aliphatic carbocycles. The van der Waals surface area contributed by atoms with Crippen LogP contribution in [-0.2, 0) is 6.42 Å². The number of carbonyl (C=O) groups is 1. The Labute approximate surface area is 211 Å². The highest BCUT2D eigenvalue weighted by atomic mass is 16.3. The lowest BCUT2D eigenvalue weighted by Crippen LogP contribution is -2.50. The molecule has 2 aromatic carbocycles. The number of benzene rings is 2. The Balaban J connectivity index is 1.21. The summed E-state index contributed by atoms with van der Waals surface area (Å²) in [5.74, 6) is 0.762. The highest BCUT2D eigenvalue weighted by Crippen LogP contribution is 2.29. The monoisotopic (exact) mass is 477 g/mol. The van der Waals surface area contributed by atoms with Gasteiger partial charge < -0.3 is 15.3 Å². The second-order valence-electron chi connectivity index (χ2n) is 10.4. The Morgan fingerprint density at radius 3 is 2.31 bits per heavy atom. The van der Waals surface area contributed by atoms with Crippen molar-refractivity contribution in [3.05, 3.63) is 59.7 Å². The molecule has 0 aromatic heterocycles. The van der Waals surface area contributed by atoms with Crippen LogP contribution in [0.5, 0.6) is 0 Å². The summed E-state index contributed by atoms with van der Waals surface area (Å²) in [5, 5.41) is 13.7. The van der Waals surface area contributed by atoms with Gasteiger partial charge in [0, 0.05) is 43.1 Å². The minimum atomic E-state index is -0.305. The van der Waals surface area contributed by atoms with Gasteiger partial charge in [0.05, 0.1) is 0 Å². The fourth-order valence-corrected chi connectivity index (χ4v) is 5.51. The molecule has 4 rings (SSSR count). The van der Waals surface area contributed by atoms with Crippen molar-refractivity contribution in [3.8, 4) is 0 Å². The van der Waals surface area contributed by atoms with Crippen molar-refractivity contribution in [2.45, 2.75) is 77.4 Å². The summed E-state index contributed by atoms with van der Waals surface area (Å²) in [6, 6.07) is 16.1. The van der Waals surface area contributed by atoms with Crippen LogP contribution >= 0.6 is 0 Å². The SMILES string of the molecule is CCCCCc1ccc(C(=O)Nc2ccc(N3CCN(C(O)CCC4CCCC4)CC3)cc2)cc1. The van der Waals surface area contributed by atoms with Crippen molar-refractivity contribution < 1.29 is 9.90 Å². The maximum absolute atomic E-state index is 12.7. The molecule has 1 saturated heterocycles. The van der Waals surface area contributed by atoms with Crippen LogP contribution in [0, 0.1) is 5.92 Å². The van der Waals surface area contributed by atoms with Crippen LogP contribution in [0.2, 0.25) is 0 Å². The van der Waals surface area contributed by atoms with Gasteiger partial charge in [0.1, 0.15) is 6.23 Å². The molecule has 1 heterocycles. The molecular weight excluding hydrogens is 434 g/mol. The van der Waals surface area contributed by atoms with Crippen molar-refractivity contribution in [2.75, 3.05) is 36.4 Å². The van der Waals surface area contributed by atoms with E-state index in [0.717, 1.165) is 57.0 Å². The lowest BCUT2D eigenvalue weighted by atomic mass is 10.0. The standard InChI is InChI=1S/C30H43N3O2/c1-2-3-4-7-25-10-13-26(14-11-25)30(35)31-27-15-17-28(18-16-27)32-20-22-33(23-21-32)29(34)19-12-24-8-5-6-9-24/h10-11,13-18,24,29,34H,2-9,12,19-23H2,1H3,(H,31,35). The van der Waals surface area contributed by atoms with Gasteiger partial charge in [0.25, 0.3) is 5.91 Å². The van der Waals surface area contributed by atoms with E-state index in [0.29, 0.717) is 5.56 Å². The van der Waals surface area contributed by atoms with E-state index in [1.807, 2.05) is 24.3 Å². The zero-order valence-electron chi connectivity index (χ0n) is 21.4. The number of amides is 1. The predicted molar refractivity (Wildman–Crippen MR) is 145 cm³/mol. The number of aliphatic hydroxyl groups is 1. The van der Waals surface area contributed by atoms with E-state index in [1.165, 1.54) is 56.2 Å². The van der Waals surface area contributed by atoms with Crippen LogP contribution in [0.15, 0.2) is 48.5 Å². The maximum Gasteiger partial charge on any atom is 0.255 e. The number of rotatable bonds is 11. The van der Waals surface area contributed by atoms with Crippen LogP contribution in [0.4, 0.5) is 11.4 Å². The number of hydrogen-bond acceptors (Lipinski definition) is 4. The smallest absolute Gasteiger partial charge is 0.255 e. The summed E-state index contributed by atoms with van der Waals surface area (Å²) in [6.45, 7) is 5.82. The first-order valence-corrected chi connectivity index (χ1v) is 13.8. The van der Waals surface area contributed by atoms with Gasteiger partial charge >= 0.3 is 0 Å². The first kappa shape index (κ1) is 25.7. The number of nitrogens with zero attached hydrogens (tertiary/aromatic N) is 2. The van der Waals surface area contributed by atoms with Gasteiger partial charge in [0.15, 0.2) is 0 Å². The van der Waals surface area contributed by atoms with Gasteiger partial charge in [0.2, 0.25) is 0 Å². The van der Waals surface area contributed by atoms with Gasteiger partial charge in [-0.3, -0.25) is 9.69 Å². The van der Waals surface area contributed by atoms with Crippen LogP contribution in [0.25, 0.3) is 0 Å². The molecule has 2 aromatic rings. The first-order valence-electron chi connectivity index (χ1n) is 13.8. The van der Waals surface area contributed by atoms with Crippen molar-refractivity contribution in [3.63, 3.8) is 0 Å². The molecule has 35 heavy (non-hydrogen) atoms. The Bertz CT molecular complexity index is 898. The summed E-state index contributed by atoms with van der Waals surface area (Å²) in [6.07, 6.45) is 11.9. The number of aryl methyl sites for hydroxylation is 1. The third-order valence-electron chi connectivity index (χ3n) is 7.82. The van der Waals surface area contributed by atoms with Crippen LogP contribution in [-0.4, -0.2) is 48.3 Å². The number of hydrogen-bond donors (Lipinski definition) is 2. The van der Waals surface area contributed by atoms with Gasteiger partial charge in [-0.1, -0.05) is 57.6 Å². The molecule has 1 atom stereocenters. The Morgan fingerprint density at radius 1 is 0.971 bits per heavy atom. The average Bonchev–Trinajstić information content (AvgIpc) is 3.42. The fourth-order valence-electron chi connectivity index (χ4n) is 5.51. The largest absolute Gasteiger partial charge is 0.378 e. The third kappa shape index (κ3) is 7.55. The summed E-state index contributed by atoms with van der Waals surface area (Å²) in [4.78, 5) is 17.3. The molecule has 1 unspecified atom stereocenters. The van der Waals surface area contributed by atoms with E-state index in [9.17, 15) is 9.90 Å². The minimum absolute atomic E-state index is 0.0712. The molecule has 5 nitrogen and oxygen atoms in total. The molecule has 0 radical (unpaired) electrons. The molecule has 190 valence electrons. The maximum atomic E-state index is 12.7. The Hall–Kier alpha value is -2.37. The van der Waals surface area contributed by atoms with E-state index >= 15 is 0 Å². The predicted octanol–water partition coefficient (Wildman–Crippen LogP) is 6.08. The van der Waals surface area contributed by atoms with Crippen molar-refractivity contribution >= 4 is 17.3 Å². The van der Waals surface area contributed by atoms with Crippen molar-refractivity contribution in [1.29, 1.82) is 0 Å².